The van der Waals surface area contributed by atoms with E-state index in [1.54, 1.807) is 13.3 Å². The number of carbonyl (C=O) groups is 1. The summed E-state index contributed by atoms with van der Waals surface area (Å²) in [5, 5.41) is 0. The number of ether oxygens (including phenoxy) is 2. The van der Waals surface area contributed by atoms with Crippen molar-refractivity contribution in [3.05, 3.63) is 59.9 Å². The van der Waals surface area contributed by atoms with Gasteiger partial charge in [-0.25, -0.2) is 0 Å². The van der Waals surface area contributed by atoms with Gasteiger partial charge in [-0.2, -0.15) is 0 Å². The number of nitrogens with zero attached hydrogens (tertiary/aromatic N) is 2. The van der Waals surface area contributed by atoms with E-state index in [4.69, 9.17) is 9.47 Å². The quantitative estimate of drug-likeness (QED) is 0.787. The van der Waals surface area contributed by atoms with Crippen LogP contribution in [0.25, 0.3) is 0 Å². The van der Waals surface area contributed by atoms with Gasteiger partial charge in [0.15, 0.2) is 0 Å². The van der Waals surface area contributed by atoms with Crippen molar-refractivity contribution in [3.8, 4) is 5.75 Å². The first kappa shape index (κ1) is 18.0. The number of hydrogen-bond acceptors (Lipinski definition) is 4. The Morgan fingerprint density at radius 3 is 2.48 bits per heavy atom. The second-order valence-electron chi connectivity index (χ2n) is 7.43. The highest BCUT2D eigenvalue weighted by Gasteiger charge is 2.53. The molecule has 5 heteroatoms. The standard InChI is InChI=1S/C22H26N2O3/c1-26-19-7-5-17(6-8-19)22(11-12-22)21(25)24-14-9-20(10-15-24)27-16-18-4-2-3-13-23-18/h2-8,13,20H,9-12,14-16H2,1H3. The lowest BCUT2D eigenvalue weighted by molar-refractivity contribution is -0.136. The molecule has 0 radical (unpaired) electrons. The molecule has 1 saturated heterocycles. The SMILES string of the molecule is COc1ccc(C2(C(=O)N3CCC(OCc4ccccn4)CC3)CC2)cc1. The molecular weight excluding hydrogens is 340 g/mol. The summed E-state index contributed by atoms with van der Waals surface area (Å²) in [7, 11) is 1.66. The Kier molecular flexibility index (Phi) is 5.12. The minimum Gasteiger partial charge on any atom is -0.497 e. The van der Waals surface area contributed by atoms with Crippen LogP contribution >= 0.6 is 0 Å². The molecule has 1 saturated carbocycles. The zero-order valence-corrected chi connectivity index (χ0v) is 15.8. The molecule has 1 aromatic heterocycles. The fraction of sp³-hybridized carbons (Fsp3) is 0.455. The zero-order valence-electron chi connectivity index (χ0n) is 15.8. The van der Waals surface area contributed by atoms with Gasteiger partial charge in [-0.05, 0) is 55.5 Å². The molecule has 4 rings (SSSR count). The summed E-state index contributed by atoms with van der Waals surface area (Å²) >= 11 is 0. The number of rotatable bonds is 6. The highest BCUT2D eigenvalue weighted by molar-refractivity contribution is 5.91. The summed E-state index contributed by atoms with van der Waals surface area (Å²) in [6, 6.07) is 13.8. The zero-order chi connectivity index (χ0) is 18.7. The topological polar surface area (TPSA) is 51.7 Å². The summed E-state index contributed by atoms with van der Waals surface area (Å²) in [5.41, 5.74) is 1.75. The summed E-state index contributed by atoms with van der Waals surface area (Å²) in [4.78, 5) is 19.5. The van der Waals surface area contributed by atoms with Gasteiger partial charge in [0, 0.05) is 19.3 Å². The molecule has 27 heavy (non-hydrogen) atoms. The number of methoxy groups -OCH3 is 1. The van der Waals surface area contributed by atoms with Crippen LogP contribution in [0.5, 0.6) is 5.75 Å². The average Bonchev–Trinajstić information content (AvgIpc) is 3.55. The molecule has 5 nitrogen and oxygen atoms in total. The number of likely N-dealkylation sites (tertiary alicyclic amines) is 1. The molecule has 0 unspecified atom stereocenters. The van der Waals surface area contributed by atoms with Crippen molar-refractivity contribution in [1.29, 1.82) is 0 Å². The Labute approximate surface area is 160 Å². The van der Waals surface area contributed by atoms with Crippen LogP contribution in [0.4, 0.5) is 0 Å². The van der Waals surface area contributed by atoms with Gasteiger partial charge >= 0.3 is 0 Å². The van der Waals surface area contributed by atoms with Crippen molar-refractivity contribution in [3.63, 3.8) is 0 Å². The fourth-order valence-corrected chi connectivity index (χ4v) is 3.88. The van der Waals surface area contributed by atoms with Crippen LogP contribution in [0.1, 0.15) is 36.9 Å². The molecule has 0 bridgehead atoms. The number of benzene rings is 1. The van der Waals surface area contributed by atoms with Gasteiger partial charge in [0.25, 0.3) is 0 Å². The van der Waals surface area contributed by atoms with E-state index in [1.807, 2.05) is 47.4 Å². The lowest BCUT2D eigenvalue weighted by Gasteiger charge is -2.34. The molecule has 1 aliphatic carbocycles. The minimum absolute atomic E-state index is 0.201. The third-order valence-electron chi connectivity index (χ3n) is 5.72. The average molecular weight is 366 g/mol. The molecular formula is C22H26N2O3. The van der Waals surface area contributed by atoms with Crippen molar-refractivity contribution in [2.45, 2.75) is 43.8 Å². The Bertz CT molecular complexity index is 764. The van der Waals surface area contributed by atoms with E-state index >= 15 is 0 Å². The minimum atomic E-state index is -0.312. The van der Waals surface area contributed by atoms with Crippen molar-refractivity contribution in [2.24, 2.45) is 0 Å². The van der Waals surface area contributed by atoms with Crippen molar-refractivity contribution >= 4 is 5.91 Å². The number of amides is 1. The van der Waals surface area contributed by atoms with E-state index < -0.39 is 0 Å². The largest absolute Gasteiger partial charge is 0.497 e. The van der Waals surface area contributed by atoms with Crippen LogP contribution in [0.15, 0.2) is 48.7 Å². The lowest BCUT2D eigenvalue weighted by atomic mass is 9.93. The van der Waals surface area contributed by atoms with Gasteiger partial charge in [-0.15, -0.1) is 0 Å². The fourth-order valence-electron chi connectivity index (χ4n) is 3.88. The highest BCUT2D eigenvalue weighted by atomic mass is 16.5. The number of aromatic nitrogens is 1. The van der Waals surface area contributed by atoms with E-state index in [0.29, 0.717) is 6.61 Å². The van der Waals surface area contributed by atoms with Gasteiger partial charge in [0.05, 0.1) is 30.9 Å². The molecule has 0 spiro atoms. The van der Waals surface area contributed by atoms with Crippen LogP contribution in [0.3, 0.4) is 0 Å². The first-order chi connectivity index (χ1) is 13.2. The second kappa shape index (κ2) is 7.69. The number of pyridine rings is 1. The Balaban J connectivity index is 1.31. The van der Waals surface area contributed by atoms with Crippen LogP contribution in [-0.4, -0.2) is 42.1 Å². The number of carbonyl (C=O) groups excluding carboxylic acids is 1. The highest BCUT2D eigenvalue weighted by Crippen LogP contribution is 2.50. The van der Waals surface area contributed by atoms with Crippen LogP contribution in [0.2, 0.25) is 0 Å². The maximum Gasteiger partial charge on any atom is 0.233 e. The maximum absolute atomic E-state index is 13.2. The maximum atomic E-state index is 13.2. The molecule has 1 aromatic carbocycles. The summed E-state index contributed by atoms with van der Waals surface area (Å²) in [6.07, 6.45) is 5.64. The molecule has 1 amide bonds. The number of hydrogen-bond donors (Lipinski definition) is 0. The second-order valence-corrected chi connectivity index (χ2v) is 7.43. The third kappa shape index (κ3) is 3.83. The summed E-state index contributed by atoms with van der Waals surface area (Å²) in [6.45, 7) is 2.07. The molecule has 0 N–H and O–H groups in total. The third-order valence-corrected chi connectivity index (χ3v) is 5.72. The molecule has 2 fully saturated rings. The van der Waals surface area contributed by atoms with Gasteiger partial charge in [-0.3, -0.25) is 9.78 Å². The molecule has 142 valence electrons. The van der Waals surface area contributed by atoms with Gasteiger partial charge in [0.2, 0.25) is 5.91 Å². The van der Waals surface area contributed by atoms with E-state index in [-0.39, 0.29) is 17.4 Å². The Morgan fingerprint density at radius 1 is 1.15 bits per heavy atom. The van der Waals surface area contributed by atoms with Gasteiger partial charge in [0.1, 0.15) is 5.75 Å². The summed E-state index contributed by atoms with van der Waals surface area (Å²) in [5.74, 6) is 1.10. The van der Waals surface area contributed by atoms with Crippen molar-refractivity contribution in [1.82, 2.24) is 9.88 Å². The van der Waals surface area contributed by atoms with Gasteiger partial charge < -0.3 is 14.4 Å². The molecule has 2 aromatic rings. The molecule has 0 atom stereocenters. The summed E-state index contributed by atoms with van der Waals surface area (Å²) < 4.78 is 11.2. The Hall–Kier alpha value is -2.40. The smallest absolute Gasteiger partial charge is 0.233 e. The Morgan fingerprint density at radius 2 is 1.89 bits per heavy atom. The first-order valence-electron chi connectivity index (χ1n) is 9.67. The van der Waals surface area contributed by atoms with Gasteiger partial charge in [-0.1, -0.05) is 18.2 Å². The predicted octanol–water partition coefficient (Wildman–Crippen LogP) is 3.33. The van der Waals surface area contributed by atoms with Crippen molar-refractivity contribution < 1.29 is 14.3 Å². The normalized spacial score (nSPS) is 18.9. The molecule has 2 heterocycles. The number of piperidine rings is 1. The predicted molar refractivity (Wildman–Crippen MR) is 103 cm³/mol. The van der Waals surface area contributed by atoms with Crippen molar-refractivity contribution in [2.75, 3.05) is 20.2 Å². The van der Waals surface area contributed by atoms with Crippen LogP contribution in [-0.2, 0) is 21.6 Å². The lowest BCUT2D eigenvalue weighted by Crippen LogP contribution is -2.45. The van der Waals surface area contributed by atoms with Crippen LogP contribution < -0.4 is 4.74 Å². The van der Waals surface area contributed by atoms with E-state index in [9.17, 15) is 4.79 Å². The van der Waals surface area contributed by atoms with Crippen LogP contribution in [0, 0.1) is 0 Å². The first-order valence-corrected chi connectivity index (χ1v) is 9.67. The molecule has 1 aliphatic heterocycles. The van der Waals surface area contributed by atoms with E-state index in [2.05, 4.69) is 4.98 Å². The van der Waals surface area contributed by atoms with E-state index in [0.717, 1.165) is 55.8 Å². The molecule has 2 aliphatic rings. The monoisotopic (exact) mass is 366 g/mol. The van der Waals surface area contributed by atoms with E-state index in [1.165, 1.54) is 0 Å².